The van der Waals surface area contributed by atoms with Crippen molar-refractivity contribution in [1.82, 2.24) is 14.4 Å². The molecule has 0 aliphatic rings. The minimum atomic E-state index is -0.00838. The molecule has 110 valence electrons. The lowest BCUT2D eigenvalue weighted by molar-refractivity contribution is 0.268. The highest BCUT2D eigenvalue weighted by Gasteiger charge is 2.13. The Hall–Kier alpha value is -1.85. The van der Waals surface area contributed by atoms with Gasteiger partial charge in [0.25, 0.3) is 0 Å². The molecule has 0 saturated heterocycles. The predicted octanol–water partition coefficient (Wildman–Crippen LogP) is 3.11. The Morgan fingerprint density at radius 2 is 2.24 bits per heavy atom. The minimum Gasteiger partial charge on any atom is -0.394 e. The fourth-order valence-electron chi connectivity index (χ4n) is 2.48. The van der Waals surface area contributed by atoms with Crippen molar-refractivity contribution in [1.29, 1.82) is 0 Å². The van der Waals surface area contributed by atoms with Gasteiger partial charge in [0.05, 0.1) is 36.2 Å². The zero-order valence-electron chi connectivity index (χ0n) is 11.8. The molecule has 0 amide bonds. The van der Waals surface area contributed by atoms with Crippen molar-refractivity contribution in [3.05, 3.63) is 35.7 Å². The molecule has 3 aromatic rings. The number of imidazole rings is 1. The Balaban J connectivity index is 2.13. The van der Waals surface area contributed by atoms with Crippen LogP contribution in [0.5, 0.6) is 0 Å². The molecule has 5 nitrogen and oxygen atoms in total. The van der Waals surface area contributed by atoms with Crippen molar-refractivity contribution in [2.45, 2.75) is 25.8 Å². The van der Waals surface area contributed by atoms with E-state index < -0.39 is 0 Å². The molecule has 2 N–H and O–H groups in total. The van der Waals surface area contributed by atoms with Gasteiger partial charge in [-0.3, -0.25) is 4.40 Å². The Morgan fingerprint density at radius 3 is 3.00 bits per heavy atom. The summed E-state index contributed by atoms with van der Waals surface area (Å²) in [6.45, 7) is 2.17. The summed E-state index contributed by atoms with van der Waals surface area (Å²) in [5.41, 5.74) is 2.62. The van der Waals surface area contributed by atoms with E-state index in [1.165, 1.54) is 0 Å². The molecule has 6 heteroatoms. The first-order valence-electron chi connectivity index (χ1n) is 7.01. The molecule has 0 bridgehead atoms. The van der Waals surface area contributed by atoms with Crippen LogP contribution in [0, 0.1) is 0 Å². The summed E-state index contributed by atoms with van der Waals surface area (Å²) in [5, 5.41) is 13.4. The highest BCUT2D eigenvalue weighted by Crippen LogP contribution is 2.24. The van der Waals surface area contributed by atoms with Crippen LogP contribution in [0.2, 0.25) is 5.02 Å². The molecule has 2 heterocycles. The molecule has 1 atom stereocenters. The first kappa shape index (κ1) is 14.1. The maximum Gasteiger partial charge on any atom is 0.153 e. The average Bonchev–Trinajstić information content (AvgIpc) is 2.97. The van der Waals surface area contributed by atoms with E-state index in [4.69, 9.17) is 11.6 Å². The van der Waals surface area contributed by atoms with E-state index in [2.05, 4.69) is 22.2 Å². The average molecular weight is 305 g/mol. The van der Waals surface area contributed by atoms with Gasteiger partial charge in [-0.05, 0) is 24.6 Å². The molecule has 0 spiro atoms. The third-order valence-corrected chi connectivity index (χ3v) is 3.74. The topological polar surface area (TPSA) is 62.5 Å². The number of hydrogen-bond acceptors (Lipinski definition) is 4. The van der Waals surface area contributed by atoms with E-state index in [-0.39, 0.29) is 12.6 Å². The number of benzene rings is 1. The summed E-state index contributed by atoms with van der Waals surface area (Å²) < 4.78 is 1.96. The molecular weight excluding hydrogens is 288 g/mol. The van der Waals surface area contributed by atoms with E-state index in [0.29, 0.717) is 5.02 Å². The van der Waals surface area contributed by atoms with Gasteiger partial charge in [-0.25, -0.2) is 9.97 Å². The van der Waals surface area contributed by atoms with Gasteiger partial charge in [0.1, 0.15) is 5.52 Å². The molecule has 1 unspecified atom stereocenters. The number of aliphatic hydroxyl groups is 1. The third kappa shape index (κ3) is 2.66. The number of anilines is 1. The summed E-state index contributed by atoms with van der Waals surface area (Å²) >= 11 is 6.06. The quantitative estimate of drug-likeness (QED) is 0.760. The summed E-state index contributed by atoms with van der Waals surface area (Å²) in [5.74, 6) is 0.731. The number of halogens is 1. The van der Waals surface area contributed by atoms with Gasteiger partial charge in [-0.15, -0.1) is 0 Å². The van der Waals surface area contributed by atoms with Crippen molar-refractivity contribution in [3.8, 4) is 0 Å². The first-order valence-corrected chi connectivity index (χ1v) is 7.39. The third-order valence-electron chi connectivity index (χ3n) is 3.51. The molecule has 0 radical (unpaired) electrons. The molecule has 0 aliphatic carbocycles. The largest absolute Gasteiger partial charge is 0.394 e. The van der Waals surface area contributed by atoms with Crippen LogP contribution < -0.4 is 5.32 Å². The van der Waals surface area contributed by atoms with E-state index >= 15 is 0 Å². The van der Waals surface area contributed by atoms with Gasteiger partial charge >= 0.3 is 0 Å². The van der Waals surface area contributed by atoms with Crippen molar-refractivity contribution in [2.75, 3.05) is 11.9 Å². The molecule has 2 aromatic heterocycles. The van der Waals surface area contributed by atoms with Gasteiger partial charge < -0.3 is 10.4 Å². The Kier molecular flexibility index (Phi) is 3.94. The van der Waals surface area contributed by atoms with Crippen LogP contribution in [0.4, 0.5) is 5.82 Å². The van der Waals surface area contributed by atoms with Gasteiger partial charge in [-0.1, -0.05) is 24.9 Å². The molecule has 21 heavy (non-hydrogen) atoms. The van der Waals surface area contributed by atoms with E-state index in [1.54, 1.807) is 12.5 Å². The number of rotatable bonds is 5. The lowest BCUT2D eigenvalue weighted by Crippen LogP contribution is -2.24. The van der Waals surface area contributed by atoms with Crippen LogP contribution in [0.1, 0.15) is 19.8 Å². The van der Waals surface area contributed by atoms with Crippen molar-refractivity contribution < 1.29 is 5.11 Å². The monoisotopic (exact) mass is 304 g/mol. The Bertz CT molecular complexity index is 771. The fourth-order valence-corrected chi connectivity index (χ4v) is 2.65. The SMILES string of the molecule is CCCC(CO)Nc1nc2ccc(Cl)cc2n2cncc12. The Labute approximate surface area is 127 Å². The maximum absolute atomic E-state index is 9.46. The normalized spacial score (nSPS) is 12.9. The summed E-state index contributed by atoms with van der Waals surface area (Å²) in [4.78, 5) is 8.84. The summed E-state index contributed by atoms with van der Waals surface area (Å²) in [6.07, 6.45) is 5.39. The summed E-state index contributed by atoms with van der Waals surface area (Å²) in [7, 11) is 0. The number of nitrogens with one attached hydrogen (secondary N) is 1. The van der Waals surface area contributed by atoms with Crippen LogP contribution in [-0.4, -0.2) is 32.1 Å². The molecular formula is C15H17ClN4O. The molecule has 0 saturated carbocycles. The van der Waals surface area contributed by atoms with Gasteiger partial charge in [-0.2, -0.15) is 0 Å². The summed E-state index contributed by atoms with van der Waals surface area (Å²) in [6, 6.07) is 5.57. The first-order chi connectivity index (χ1) is 10.2. The second-order valence-electron chi connectivity index (χ2n) is 5.05. The second kappa shape index (κ2) is 5.87. The van der Waals surface area contributed by atoms with Crippen LogP contribution in [-0.2, 0) is 0 Å². The fraction of sp³-hybridized carbons (Fsp3) is 0.333. The number of fused-ring (bicyclic) bond motifs is 3. The van der Waals surface area contributed by atoms with Crippen molar-refractivity contribution in [3.63, 3.8) is 0 Å². The van der Waals surface area contributed by atoms with Gasteiger partial charge in [0.2, 0.25) is 0 Å². The van der Waals surface area contributed by atoms with Crippen molar-refractivity contribution >= 4 is 34.0 Å². The van der Waals surface area contributed by atoms with Crippen LogP contribution >= 0.6 is 11.6 Å². The van der Waals surface area contributed by atoms with E-state index in [9.17, 15) is 5.11 Å². The predicted molar refractivity (Wildman–Crippen MR) is 84.9 cm³/mol. The zero-order valence-corrected chi connectivity index (χ0v) is 12.5. The highest BCUT2D eigenvalue weighted by molar-refractivity contribution is 6.31. The smallest absolute Gasteiger partial charge is 0.153 e. The molecule has 1 aromatic carbocycles. The second-order valence-corrected chi connectivity index (χ2v) is 5.49. The lowest BCUT2D eigenvalue weighted by atomic mass is 10.2. The lowest BCUT2D eigenvalue weighted by Gasteiger charge is -2.17. The van der Waals surface area contributed by atoms with Crippen LogP contribution in [0.3, 0.4) is 0 Å². The highest BCUT2D eigenvalue weighted by atomic mass is 35.5. The Morgan fingerprint density at radius 1 is 1.38 bits per heavy atom. The minimum absolute atomic E-state index is 0.00838. The number of aromatic nitrogens is 3. The number of nitrogens with zero attached hydrogens (tertiary/aromatic N) is 3. The zero-order chi connectivity index (χ0) is 14.8. The molecule has 0 fully saturated rings. The van der Waals surface area contributed by atoms with Gasteiger partial charge in [0, 0.05) is 5.02 Å². The van der Waals surface area contributed by atoms with E-state index in [0.717, 1.165) is 35.2 Å². The van der Waals surface area contributed by atoms with Gasteiger partial charge in [0.15, 0.2) is 5.82 Å². The van der Waals surface area contributed by atoms with Crippen molar-refractivity contribution in [2.24, 2.45) is 0 Å². The van der Waals surface area contributed by atoms with Crippen LogP contribution in [0.15, 0.2) is 30.7 Å². The molecule has 3 rings (SSSR count). The molecule has 0 aliphatic heterocycles. The van der Waals surface area contributed by atoms with E-state index in [1.807, 2.05) is 22.6 Å². The number of aliphatic hydroxyl groups excluding tert-OH is 1. The van der Waals surface area contributed by atoms with Crippen LogP contribution in [0.25, 0.3) is 16.6 Å². The maximum atomic E-state index is 9.46. The standard InChI is InChI=1S/C15H17ClN4O/c1-2-3-11(8-21)18-15-14-7-17-9-20(14)13-6-10(16)4-5-12(13)19-15/h4-7,9,11,21H,2-3,8H2,1H3,(H,18,19). The number of hydrogen-bond donors (Lipinski definition) is 2.